The van der Waals surface area contributed by atoms with Crippen LogP contribution in [0, 0.1) is 11.8 Å². The highest BCUT2D eigenvalue weighted by Crippen LogP contribution is 2.56. The molecule has 3 aliphatic rings. The number of benzene rings is 2. The van der Waals surface area contributed by atoms with Gasteiger partial charge in [0, 0.05) is 11.5 Å². The molecule has 0 fully saturated rings. The number of phenolic OH excluding ortho intramolecular Hbond substituents is 1. The Kier molecular flexibility index (Phi) is 6.75. The molecule has 0 aliphatic heterocycles. The Balaban J connectivity index is 1.77. The molecular weight excluding hydrogens is 532 g/mol. The number of aliphatic hydroxyl groups excluding tert-OH is 2. The van der Waals surface area contributed by atoms with Gasteiger partial charge in [-0.1, -0.05) is 49.4 Å². The molecule has 11 nitrogen and oxygen atoms in total. The fourth-order valence-corrected chi connectivity index (χ4v) is 6.65. The van der Waals surface area contributed by atoms with E-state index in [2.05, 4.69) is 0 Å². The lowest BCUT2D eigenvalue weighted by Gasteiger charge is -2.54. The van der Waals surface area contributed by atoms with Crippen LogP contribution in [0.2, 0.25) is 0 Å². The number of aromatic hydroxyl groups is 1. The van der Waals surface area contributed by atoms with E-state index in [1.54, 1.807) is 49.4 Å². The van der Waals surface area contributed by atoms with Gasteiger partial charge in [-0.2, -0.15) is 0 Å². The van der Waals surface area contributed by atoms with E-state index in [4.69, 9.17) is 10.5 Å². The third kappa shape index (κ3) is 4.03. The topological polar surface area (TPSA) is 188 Å². The molecule has 11 heteroatoms. The summed E-state index contributed by atoms with van der Waals surface area (Å²) in [5.74, 6) is -9.91. The number of hydrogen-bond donors (Lipinski definition) is 5. The van der Waals surface area contributed by atoms with E-state index in [0.29, 0.717) is 11.1 Å². The highest BCUT2D eigenvalue weighted by Gasteiger charge is 2.68. The summed E-state index contributed by atoms with van der Waals surface area (Å²) in [5, 5.41) is 45.4. The molecule has 0 radical (unpaired) electrons. The van der Waals surface area contributed by atoms with E-state index in [1.807, 2.05) is 0 Å². The lowest BCUT2D eigenvalue weighted by molar-refractivity contribution is -0.180. The van der Waals surface area contributed by atoms with Crippen LogP contribution in [0.25, 0.3) is 0 Å². The van der Waals surface area contributed by atoms with Gasteiger partial charge in [-0.3, -0.25) is 24.1 Å². The molecule has 0 saturated carbocycles. The van der Waals surface area contributed by atoms with Crippen molar-refractivity contribution in [3.05, 3.63) is 87.9 Å². The molecular formula is C30H30N2O9. The van der Waals surface area contributed by atoms with Crippen molar-refractivity contribution in [1.82, 2.24) is 4.90 Å². The number of primary amides is 1. The van der Waals surface area contributed by atoms with Crippen molar-refractivity contribution in [1.29, 1.82) is 0 Å². The second-order valence-corrected chi connectivity index (χ2v) is 10.9. The van der Waals surface area contributed by atoms with Gasteiger partial charge in [-0.15, -0.1) is 0 Å². The minimum atomic E-state index is -2.98. The van der Waals surface area contributed by atoms with Crippen LogP contribution in [0.5, 0.6) is 5.75 Å². The quantitative estimate of drug-likeness (QED) is 0.264. The van der Waals surface area contributed by atoms with Crippen LogP contribution < -0.4 is 5.73 Å². The highest BCUT2D eigenvalue weighted by molar-refractivity contribution is 6.25. The summed E-state index contributed by atoms with van der Waals surface area (Å²) < 4.78 is 6.00. The van der Waals surface area contributed by atoms with Crippen molar-refractivity contribution in [2.24, 2.45) is 17.6 Å². The number of amides is 1. The Bertz CT molecular complexity index is 1540. The predicted octanol–water partition coefficient (Wildman–Crippen LogP) is 1.45. The fraction of sp³-hybridized carbons (Fsp3) is 0.333. The number of nitrogens with zero attached hydrogens (tertiary/aromatic N) is 1. The van der Waals surface area contributed by atoms with Crippen LogP contribution in [0.4, 0.5) is 0 Å². The smallest absolute Gasteiger partial charge is 0.310 e. The summed E-state index contributed by atoms with van der Waals surface area (Å²) >= 11 is 0. The van der Waals surface area contributed by atoms with Crippen molar-refractivity contribution in [3.8, 4) is 5.75 Å². The van der Waals surface area contributed by atoms with Gasteiger partial charge in [0.25, 0.3) is 5.91 Å². The number of fused-ring (bicyclic) bond motifs is 3. The largest absolute Gasteiger partial charge is 0.510 e. The number of ether oxygens (including phenoxy) is 1. The monoisotopic (exact) mass is 562 g/mol. The van der Waals surface area contributed by atoms with E-state index in [0.717, 1.165) is 0 Å². The molecule has 0 spiro atoms. The SMILES string of the molecule is C[C@H]1c2cccc(O)c2C(=O)C2=C(O)[C@]3(O)C(=O)C(C(N)=O)=C(O)[C@@H](N(C)C)[C@@H]3[C@@H](OC(=O)Cc3ccccc3)[C@@H]21. The van der Waals surface area contributed by atoms with Crippen molar-refractivity contribution >= 4 is 23.4 Å². The van der Waals surface area contributed by atoms with E-state index < -0.39 is 81.6 Å². The Morgan fingerprint density at radius 2 is 1.68 bits per heavy atom. The third-order valence-electron chi connectivity index (χ3n) is 8.43. The van der Waals surface area contributed by atoms with Crippen LogP contribution in [-0.2, 0) is 25.5 Å². The maximum absolute atomic E-state index is 13.9. The molecule has 1 amide bonds. The molecule has 6 atom stereocenters. The van der Waals surface area contributed by atoms with Crippen molar-refractivity contribution in [2.75, 3.05) is 14.1 Å². The molecule has 2 aromatic carbocycles. The van der Waals surface area contributed by atoms with Crippen LogP contribution >= 0.6 is 0 Å². The Labute approximate surface area is 235 Å². The zero-order valence-electron chi connectivity index (χ0n) is 22.6. The number of rotatable bonds is 5. The summed E-state index contributed by atoms with van der Waals surface area (Å²) in [4.78, 5) is 54.7. The number of carbonyl (C=O) groups is 4. The van der Waals surface area contributed by atoms with E-state index >= 15 is 0 Å². The van der Waals surface area contributed by atoms with Gasteiger partial charge in [-0.05, 0) is 37.2 Å². The fourth-order valence-electron chi connectivity index (χ4n) is 6.65. The van der Waals surface area contributed by atoms with Crippen LogP contribution in [-0.4, -0.2) is 80.6 Å². The Hall–Kier alpha value is -4.48. The number of aliphatic hydroxyl groups is 3. The van der Waals surface area contributed by atoms with Crippen molar-refractivity contribution < 1.29 is 44.3 Å². The zero-order chi connectivity index (χ0) is 30.0. The number of Topliss-reactive ketones (excluding diaryl/α,β-unsaturated/α-hetero) is 2. The number of hydrogen-bond acceptors (Lipinski definition) is 10. The second kappa shape index (κ2) is 9.86. The van der Waals surface area contributed by atoms with Gasteiger partial charge < -0.3 is 30.9 Å². The van der Waals surface area contributed by atoms with E-state index in [-0.39, 0.29) is 17.7 Å². The summed E-state index contributed by atoms with van der Waals surface area (Å²) in [6.07, 6.45) is -1.64. The number of ketones is 2. The molecule has 0 saturated heterocycles. The van der Waals surface area contributed by atoms with Gasteiger partial charge in [0.2, 0.25) is 5.78 Å². The summed E-state index contributed by atoms with van der Waals surface area (Å²) in [6, 6.07) is 11.8. The van der Waals surface area contributed by atoms with Crippen LogP contribution in [0.15, 0.2) is 71.2 Å². The number of nitrogens with two attached hydrogens (primary N) is 1. The molecule has 6 N–H and O–H groups in total. The average Bonchev–Trinajstić information content (AvgIpc) is 2.90. The first-order chi connectivity index (χ1) is 19.3. The molecule has 0 bridgehead atoms. The summed E-state index contributed by atoms with van der Waals surface area (Å²) in [7, 11) is 3.00. The Morgan fingerprint density at radius 3 is 2.29 bits per heavy atom. The second-order valence-electron chi connectivity index (χ2n) is 10.9. The maximum Gasteiger partial charge on any atom is 0.310 e. The van der Waals surface area contributed by atoms with Crippen molar-refractivity contribution in [2.45, 2.75) is 37.0 Å². The molecule has 0 aromatic heterocycles. The summed E-state index contributed by atoms with van der Waals surface area (Å²) in [6.45, 7) is 1.70. The van der Waals surface area contributed by atoms with E-state index in [1.165, 1.54) is 25.1 Å². The van der Waals surface area contributed by atoms with Crippen LogP contribution in [0.3, 0.4) is 0 Å². The lowest BCUT2D eigenvalue weighted by Crippen LogP contribution is -2.69. The first kappa shape index (κ1) is 28.1. The highest BCUT2D eigenvalue weighted by atomic mass is 16.5. The third-order valence-corrected chi connectivity index (χ3v) is 8.43. The Morgan fingerprint density at radius 1 is 1.02 bits per heavy atom. The maximum atomic E-state index is 13.9. The van der Waals surface area contributed by atoms with Gasteiger partial charge in [-0.25, -0.2) is 0 Å². The standard InChI is InChI=1S/C30H30N2O9/c1-13-15-10-7-11-16(33)19(15)24(35)20-18(13)26(41-17(34)12-14-8-5-4-6-9-14)22-23(32(2)3)25(36)21(29(31)39)28(38)30(22,40)27(20)37/h4-11,13,18,22-23,26,33,36-37,40H,12H2,1-3H3,(H2,31,39)/t13-,18+,22+,23-,26-,30-/m0/s1. The van der Waals surface area contributed by atoms with Gasteiger partial charge in [0.15, 0.2) is 11.4 Å². The number of likely N-dealkylation sites (N-methyl/N-ethyl adjacent to an activating group) is 1. The molecule has 5 rings (SSSR count). The molecule has 0 unspecified atom stereocenters. The van der Waals surface area contributed by atoms with Gasteiger partial charge >= 0.3 is 5.97 Å². The van der Waals surface area contributed by atoms with Gasteiger partial charge in [0.05, 0.1) is 23.9 Å². The normalized spacial score (nSPS) is 29.1. The molecule has 3 aliphatic carbocycles. The number of carbonyl (C=O) groups excluding carboxylic acids is 4. The first-order valence-electron chi connectivity index (χ1n) is 13.0. The van der Waals surface area contributed by atoms with Crippen LogP contribution in [0.1, 0.15) is 34.3 Å². The zero-order valence-corrected chi connectivity index (χ0v) is 22.6. The first-order valence-corrected chi connectivity index (χ1v) is 13.0. The number of esters is 1. The molecule has 2 aromatic rings. The average molecular weight is 563 g/mol. The molecule has 0 heterocycles. The molecule has 214 valence electrons. The molecule has 41 heavy (non-hydrogen) atoms. The minimum Gasteiger partial charge on any atom is -0.510 e. The number of phenols is 1. The van der Waals surface area contributed by atoms with Crippen molar-refractivity contribution in [3.63, 3.8) is 0 Å². The minimum absolute atomic E-state index is 0.129. The predicted molar refractivity (Wildman–Crippen MR) is 144 cm³/mol. The lowest BCUT2D eigenvalue weighted by atomic mass is 9.55. The van der Waals surface area contributed by atoms with Gasteiger partial charge in [0.1, 0.15) is 28.9 Å². The summed E-state index contributed by atoms with van der Waals surface area (Å²) in [5.41, 5.74) is 1.96. The van der Waals surface area contributed by atoms with E-state index in [9.17, 15) is 39.6 Å².